The summed E-state index contributed by atoms with van der Waals surface area (Å²) in [5.41, 5.74) is 1.10. The number of nitrogens with zero attached hydrogens (tertiary/aromatic N) is 3. The minimum Gasteiger partial charge on any atom is -0.490 e. The number of aliphatic hydroxyl groups is 1. The summed E-state index contributed by atoms with van der Waals surface area (Å²) in [6.07, 6.45) is 11.6. The number of ether oxygens (including phenoxy) is 2. The molecule has 3 saturated carbocycles. The van der Waals surface area contributed by atoms with Gasteiger partial charge >= 0.3 is 0 Å². The van der Waals surface area contributed by atoms with Gasteiger partial charge in [0.15, 0.2) is 5.69 Å². The lowest BCUT2D eigenvalue weighted by atomic mass is 9.64. The van der Waals surface area contributed by atoms with Crippen molar-refractivity contribution < 1.29 is 19.4 Å². The van der Waals surface area contributed by atoms with Crippen LogP contribution in [-0.2, 0) is 0 Å². The summed E-state index contributed by atoms with van der Waals surface area (Å²) >= 11 is 6.10. The topological polar surface area (TPSA) is 117 Å². The monoisotopic (exact) mass is 538 g/mol. The number of aromatic nitrogens is 2. The first-order valence-electron chi connectivity index (χ1n) is 13.8. The van der Waals surface area contributed by atoms with Crippen molar-refractivity contribution in [3.63, 3.8) is 0 Å². The van der Waals surface area contributed by atoms with Gasteiger partial charge in [-0.05, 0) is 101 Å². The molecule has 0 radical (unpaired) electrons. The lowest BCUT2D eigenvalue weighted by Gasteiger charge is -2.43. The van der Waals surface area contributed by atoms with Gasteiger partial charge in [-0.3, -0.25) is 4.79 Å². The number of benzene rings is 1. The third-order valence-electron chi connectivity index (χ3n) is 8.54. The Kier molecular flexibility index (Phi) is 8.35. The van der Waals surface area contributed by atoms with E-state index >= 15 is 0 Å². The third-order valence-corrected chi connectivity index (χ3v) is 8.86. The molecular formula is C29H35ClN4O4. The van der Waals surface area contributed by atoms with Crippen LogP contribution in [0.15, 0.2) is 30.3 Å². The smallest absolute Gasteiger partial charge is 0.272 e. The highest BCUT2D eigenvalue weighted by Gasteiger charge is 2.38. The molecule has 0 unspecified atom stereocenters. The van der Waals surface area contributed by atoms with E-state index in [1.165, 1.54) is 0 Å². The van der Waals surface area contributed by atoms with E-state index in [4.69, 9.17) is 26.3 Å². The van der Waals surface area contributed by atoms with Crippen molar-refractivity contribution in [1.29, 1.82) is 5.26 Å². The van der Waals surface area contributed by atoms with Crippen LogP contribution in [0.5, 0.6) is 11.6 Å². The molecular weight excluding hydrogens is 504 g/mol. The Balaban J connectivity index is 1.04. The molecule has 9 heteroatoms. The molecule has 0 bridgehead atoms. The summed E-state index contributed by atoms with van der Waals surface area (Å²) < 4.78 is 12.1. The molecule has 1 spiro atoms. The van der Waals surface area contributed by atoms with Crippen LogP contribution < -0.4 is 14.8 Å². The summed E-state index contributed by atoms with van der Waals surface area (Å²) in [6, 6.07) is 10.6. The van der Waals surface area contributed by atoms with E-state index in [1.807, 2.05) is 6.07 Å². The van der Waals surface area contributed by atoms with Gasteiger partial charge in [-0.15, -0.1) is 10.2 Å². The van der Waals surface area contributed by atoms with E-state index < -0.39 is 0 Å². The van der Waals surface area contributed by atoms with Gasteiger partial charge in [0.1, 0.15) is 17.9 Å². The van der Waals surface area contributed by atoms with Crippen molar-refractivity contribution in [3.8, 4) is 17.7 Å². The van der Waals surface area contributed by atoms with Crippen LogP contribution in [0, 0.1) is 16.7 Å². The van der Waals surface area contributed by atoms with Crippen LogP contribution in [0.1, 0.15) is 93.1 Å². The van der Waals surface area contributed by atoms with Crippen molar-refractivity contribution in [1.82, 2.24) is 15.5 Å². The highest BCUT2D eigenvalue weighted by molar-refractivity contribution is 6.31. The zero-order valence-electron chi connectivity index (χ0n) is 21.6. The van der Waals surface area contributed by atoms with Crippen molar-refractivity contribution in [2.75, 3.05) is 0 Å². The van der Waals surface area contributed by atoms with Crippen LogP contribution in [0.4, 0.5) is 0 Å². The van der Waals surface area contributed by atoms with Gasteiger partial charge < -0.3 is 19.9 Å². The van der Waals surface area contributed by atoms with Crippen molar-refractivity contribution in [2.24, 2.45) is 5.41 Å². The average Bonchev–Trinajstić information content (AvgIpc) is 2.93. The lowest BCUT2D eigenvalue weighted by Crippen LogP contribution is -2.40. The minimum atomic E-state index is -0.230. The van der Waals surface area contributed by atoms with E-state index in [-0.39, 0.29) is 36.0 Å². The first-order valence-corrected chi connectivity index (χ1v) is 14.1. The fraction of sp³-hybridized carbons (Fsp3) is 0.586. The standard InChI is InChI=1S/C29H35ClN4O4/c30-25-17-24(4-1-19(25)18-31)37-22-5-2-20(3-6-22)32-28(36)26-7-8-27(34-33-26)38-23-11-15-29(16-12-23)13-9-21(35)10-14-29/h1,4,7-8,17,20-23,35H,2-3,5-6,9-16H2,(H,32,36). The lowest BCUT2D eigenvalue weighted by molar-refractivity contribution is 0.0105. The average molecular weight is 539 g/mol. The first kappa shape index (κ1) is 26.7. The first-order chi connectivity index (χ1) is 18.4. The van der Waals surface area contributed by atoms with Gasteiger partial charge in [0.25, 0.3) is 5.91 Å². The van der Waals surface area contributed by atoms with Crippen LogP contribution in [-0.4, -0.2) is 45.6 Å². The zero-order chi connectivity index (χ0) is 26.5. The van der Waals surface area contributed by atoms with Crippen LogP contribution >= 0.6 is 11.6 Å². The predicted molar refractivity (Wildman–Crippen MR) is 142 cm³/mol. The molecule has 0 saturated heterocycles. The Morgan fingerprint density at radius 2 is 1.63 bits per heavy atom. The van der Waals surface area contributed by atoms with Gasteiger partial charge in [-0.2, -0.15) is 5.26 Å². The second-order valence-corrected chi connectivity index (χ2v) is 11.5. The predicted octanol–water partition coefficient (Wildman–Crippen LogP) is 5.36. The molecule has 38 heavy (non-hydrogen) atoms. The second kappa shape index (κ2) is 11.9. The summed E-state index contributed by atoms with van der Waals surface area (Å²) in [5.74, 6) is 0.883. The van der Waals surface area contributed by atoms with E-state index in [2.05, 4.69) is 15.5 Å². The quantitative estimate of drug-likeness (QED) is 0.508. The van der Waals surface area contributed by atoms with Gasteiger partial charge in [0, 0.05) is 18.2 Å². The normalized spacial score (nSPS) is 29.3. The van der Waals surface area contributed by atoms with Gasteiger partial charge in [0.05, 0.1) is 22.8 Å². The molecule has 0 aliphatic heterocycles. The Hall–Kier alpha value is -2.89. The summed E-state index contributed by atoms with van der Waals surface area (Å²) in [6.45, 7) is 0. The molecule has 5 rings (SSSR count). The molecule has 1 aromatic carbocycles. The summed E-state index contributed by atoms with van der Waals surface area (Å²) in [4.78, 5) is 12.7. The number of hydrogen-bond donors (Lipinski definition) is 2. The molecule has 1 heterocycles. The molecule has 3 aliphatic carbocycles. The maximum absolute atomic E-state index is 12.7. The van der Waals surface area contributed by atoms with E-state index in [9.17, 15) is 9.90 Å². The Labute approximate surface area is 228 Å². The van der Waals surface area contributed by atoms with Gasteiger partial charge in [-0.25, -0.2) is 0 Å². The van der Waals surface area contributed by atoms with Crippen LogP contribution in [0.2, 0.25) is 5.02 Å². The van der Waals surface area contributed by atoms with Crippen molar-refractivity contribution in [2.45, 2.75) is 101 Å². The number of hydrogen-bond acceptors (Lipinski definition) is 7. The number of carbonyl (C=O) groups is 1. The molecule has 2 N–H and O–H groups in total. The zero-order valence-corrected chi connectivity index (χ0v) is 22.3. The number of rotatable bonds is 6. The fourth-order valence-corrected chi connectivity index (χ4v) is 6.36. The van der Waals surface area contributed by atoms with Crippen molar-refractivity contribution >= 4 is 17.5 Å². The third kappa shape index (κ3) is 6.57. The number of amides is 1. The van der Waals surface area contributed by atoms with Gasteiger partial charge in [-0.1, -0.05) is 11.6 Å². The number of aliphatic hydroxyl groups excluding tert-OH is 1. The maximum atomic E-state index is 12.7. The van der Waals surface area contributed by atoms with E-state index in [0.29, 0.717) is 27.6 Å². The minimum absolute atomic E-state index is 0.0442. The van der Waals surface area contributed by atoms with E-state index in [1.54, 1.807) is 30.3 Å². The SMILES string of the molecule is N#Cc1ccc(OC2CCC(NC(=O)c3ccc(OC4CCC5(CCC(O)CC5)CC4)nn3)CC2)cc1Cl. The molecule has 2 aromatic rings. The number of nitriles is 1. The highest BCUT2D eigenvalue weighted by Crippen LogP contribution is 2.47. The Morgan fingerprint density at radius 3 is 2.26 bits per heavy atom. The second-order valence-electron chi connectivity index (χ2n) is 11.1. The number of carbonyl (C=O) groups excluding carboxylic acids is 1. The molecule has 3 fully saturated rings. The maximum Gasteiger partial charge on any atom is 0.272 e. The van der Waals surface area contributed by atoms with E-state index in [0.717, 1.165) is 77.0 Å². The fourth-order valence-electron chi connectivity index (χ4n) is 6.15. The molecule has 1 aromatic heterocycles. The van der Waals surface area contributed by atoms with Crippen molar-refractivity contribution in [3.05, 3.63) is 46.6 Å². The van der Waals surface area contributed by atoms with Crippen LogP contribution in [0.3, 0.4) is 0 Å². The molecule has 8 nitrogen and oxygen atoms in total. The molecule has 1 amide bonds. The van der Waals surface area contributed by atoms with Crippen LogP contribution in [0.25, 0.3) is 0 Å². The van der Waals surface area contributed by atoms with Gasteiger partial charge in [0.2, 0.25) is 5.88 Å². The number of nitrogens with one attached hydrogen (secondary N) is 1. The Bertz CT molecular complexity index is 1140. The summed E-state index contributed by atoms with van der Waals surface area (Å²) in [7, 11) is 0. The summed E-state index contributed by atoms with van der Waals surface area (Å²) in [5, 5.41) is 30.6. The molecule has 0 atom stereocenters. The molecule has 202 valence electrons. The highest BCUT2D eigenvalue weighted by atomic mass is 35.5. The molecule has 3 aliphatic rings. The Morgan fingerprint density at radius 1 is 0.947 bits per heavy atom. The number of halogens is 1. The largest absolute Gasteiger partial charge is 0.490 e.